The van der Waals surface area contributed by atoms with Gasteiger partial charge in [-0.05, 0) is 61.4 Å². The molecule has 2 aromatic carbocycles. The molecule has 0 unspecified atom stereocenters. The summed E-state index contributed by atoms with van der Waals surface area (Å²) in [5, 5.41) is 2.15. The Balaban J connectivity index is 1.21. The summed E-state index contributed by atoms with van der Waals surface area (Å²) >= 11 is 8.47. The van der Waals surface area contributed by atoms with Crippen LogP contribution in [0, 0.1) is 13.8 Å². The van der Waals surface area contributed by atoms with E-state index in [1.807, 2.05) is 60.7 Å². The molecular weight excluding hydrogens is 727 g/mol. The van der Waals surface area contributed by atoms with Gasteiger partial charge in [0.2, 0.25) is 0 Å². The maximum Gasteiger partial charge on any atom is 0.380 e. The van der Waals surface area contributed by atoms with E-state index in [4.69, 9.17) is 0 Å². The average molecular weight is 745 g/mol. The van der Waals surface area contributed by atoms with E-state index < -0.39 is 28.9 Å². The minimum absolute atomic E-state index is 0.265. The maximum absolute atomic E-state index is 15.8. The van der Waals surface area contributed by atoms with Crippen molar-refractivity contribution < 1.29 is 26.3 Å². The van der Waals surface area contributed by atoms with Gasteiger partial charge in [0.1, 0.15) is 0 Å². The number of alkyl halides is 6. The molecule has 236 valence electrons. The number of hydrogen-bond acceptors (Lipinski definition) is 6. The lowest BCUT2D eigenvalue weighted by Gasteiger charge is -2.25. The van der Waals surface area contributed by atoms with E-state index in [1.165, 1.54) is 48.7 Å². The number of halogens is 6. The first kappa shape index (κ1) is 30.1. The Labute approximate surface area is 287 Å². The lowest BCUT2D eigenvalue weighted by Crippen LogP contribution is -2.48. The highest BCUT2D eigenvalue weighted by Crippen LogP contribution is 2.66. The maximum atomic E-state index is 15.8. The van der Waals surface area contributed by atoms with E-state index in [9.17, 15) is 0 Å². The Morgan fingerprint density at radius 2 is 0.830 bits per heavy atom. The van der Waals surface area contributed by atoms with Gasteiger partial charge in [-0.25, -0.2) is 0 Å². The fourth-order valence-electron chi connectivity index (χ4n) is 6.38. The number of aryl methyl sites for hydroxylation is 2. The van der Waals surface area contributed by atoms with Gasteiger partial charge < -0.3 is 0 Å². The third-order valence-electron chi connectivity index (χ3n) is 8.63. The third-order valence-corrected chi connectivity index (χ3v) is 15.9. The van der Waals surface area contributed by atoms with E-state index in [2.05, 4.69) is 0 Å². The standard InChI is InChI=1S/C35H18F6S6/c1-15-19(11-23(42-15)25-13-27-31(46-25)17-7-3-5-9-21(17)44-27)29-30(34(38,39)35(40,41)33(29,36)37)20-12-24(43-16(20)2)26-14-28-32(47-26)18-8-4-6-10-22(18)45-28/h3-14H,1-2H3. The van der Waals surface area contributed by atoms with Gasteiger partial charge in [-0.15, -0.1) is 68.0 Å². The Morgan fingerprint density at radius 3 is 1.26 bits per heavy atom. The van der Waals surface area contributed by atoms with Crippen molar-refractivity contribution in [1.82, 2.24) is 0 Å². The highest BCUT2D eigenvalue weighted by molar-refractivity contribution is 7.35. The molecule has 0 saturated carbocycles. The second kappa shape index (κ2) is 10.0. The summed E-state index contributed by atoms with van der Waals surface area (Å²) in [4.78, 5) is 3.26. The summed E-state index contributed by atoms with van der Waals surface area (Å²) < 4.78 is 100. The van der Waals surface area contributed by atoms with Crippen LogP contribution in [0.15, 0.2) is 72.8 Å². The first-order valence-corrected chi connectivity index (χ1v) is 19.2. The molecule has 6 heterocycles. The van der Waals surface area contributed by atoms with Gasteiger partial charge in [0.25, 0.3) is 0 Å². The highest BCUT2D eigenvalue weighted by Gasteiger charge is 2.80. The second-order valence-corrected chi connectivity index (χ2v) is 18.2. The van der Waals surface area contributed by atoms with Crippen molar-refractivity contribution in [2.24, 2.45) is 0 Å². The quantitative estimate of drug-likeness (QED) is 0.157. The fourth-order valence-corrected chi connectivity index (χ4v) is 13.6. The number of fused-ring (bicyclic) bond motifs is 6. The van der Waals surface area contributed by atoms with Crippen molar-refractivity contribution in [1.29, 1.82) is 0 Å². The molecule has 0 bridgehead atoms. The fraction of sp³-hybridized carbons (Fsp3) is 0.143. The number of allylic oxidation sites excluding steroid dienone is 2. The second-order valence-electron chi connectivity index (χ2n) is 11.4. The van der Waals surface area contributed by atoms with Crippen LogP contribution in [0.5, 0.6) is 0 Å². The van der Waals surface area contributed by atoms with Gasteiger partial charge in [-0.2, -0.15) is 26.3 Å². The van der Waals surface area contributed by atoms with Gasteiger partial charge in [0.05, 0.1) is 9.40 Å². The first-order chi connectivity index (χ1) is 22.4. The van der Waals surface area contributed by atoms with Crippen LogP contribution in [0.25, 0.3) is 69.6 Å². The van der Waals surface area contributed by atoms with Crippen LogP contribution in [0.4, 0.5) is 26.3 Å². The van der Waals surface area contributed by atoms with Crippen LogP contribution in [0.1, 0.15) is 20.9 Å². The molecule has 0 saturated heterocycles. The zero-order valence-corrected chi connectivity index (χ0v) is 29.0. The normalized spacial score (nSPS) is 17.4. The van der Waals surface area contributed by atoms with Crippen molar-refractivity contribution in [2.75, 3.05) is 0 Å². The molecule has 0 amide bonds. The molecule has 0 nitrogen and oxygen atoms in total. The molecule has 9 rings (SSSR count). The largest absolute Gasteiger partial charge is 0.380 e. The molecule has 0 aliphatic heterocycles. The summed E-state index contributed by atoms with van der Waals surface area (Å²) in [5.74, 6) is -15.8. The van der Waals surface area contributed by atoms with Crippen molar-refractivity contribution in [3.8, 4) is 19.5 Å². The molecule has 1 aliphatic carbocycles. The van der Waals surface area contributed by atoms with Gasteiger partial charge in [-0.3, -0.25) is 0 Å². The minimum atomic E-state index is -5.61. The summed E-state index contributed by atoms with van der Waals surface area (Å²) in [6.45, 7) is 3.05. The summed E-state index contributed by atoms with van der Waals surface area (Å²) in [5.41, 5.74) is -3.11. The minimum Gasteiger partial charge on any atom is -0.194 e. The molecule has 6 aromatic heterocycles. The SMILES string of the molecule is Cc1sc(-c2cc3sc4ccccc4c3s2)cc1C1=C(c2cc(-c3cc4sc5ccccc5c4s3)sc2C)C(F)(F)C(F)(F)C1(F)F. The molecule has 0 N–H and O–H groups in total. The summed E-state index contributed by atoms with van der Waals surface area (Å²) in [6.07, 6.45) is 0. The molecule has 0 fully saturated rings. The zero-order valence-electron chi connectivity index (χ0n) is 24.1. The topological polar surface area (TPSA) is 0 Å². The van der Waals surface area contributed by atoms with Gasteiger partial charge in [0, 0.05) is 70.0 Å². The Morgan fingerprint density at radius 1 is 0.447 bits per heavy atom. The van der Waals surface area contributed by atoms with Crippen LogP contribution in [0.2, 0.25) is 0 Å². The van der Waals surface area contributed by atoms with E-state index in [0.29, 0.717) is 9.75 Å². The molecular formula is C35H18F6S6. The van der Waals surface area contributed by atoms with E-state index in [1.54, 1.807) is 22.7 Å². The molecule has 12 heteroatoms. The van der Waals surface area contributed by atoms with Crippen LogP contribution in [-0.2, 0) is 0 Å². The molecule has 47 heavy (non-hydrogen) atoms. The number of rotatable bonds is 4. The number of benzene rings is 2. The summed E-state index contributed by atoms with van der Waals surface area (Å²) in [6, 6.07) is 22.6. The zero-order chi connectivity index (χ0) is 32.6. The lowest BCUT2D eigenvalue weighted by atomic mass is 9.95. The lowest BCUT2D eigenvalue weighted by molar-refractivity contribution is -0.254. The average Bonchev–Trinajstić information content (AvgIpc) is 3.86. The number of hydrogen-bond donors (Lipinski definition) is 0. The molecule has 0 radical (unpaired) electrons. The molecule has 8 aromatic rings. The number of thiophene rings is 6. The Hall–Kier alpha value is -3.00. The molecule has 0 atom stereocenters. The van der Waals surface area contributed by atoms with Crippen LogP contribution in [0.3, 0.4) is 0 Å². The molecule has 1 aliphatic rings. The smallest absolute Gasteiger partial charge is 0.194 e. The monoisotopic (exact) mass is 744 g/mol. The van der Waals surface area contributed by atoms with Gasteiger partial charge in [0.15, 0.2) is 0 Å². The van der Waals surface area contributed by atoms with Gasteiger partial charge >= 0.3 is 17.8 Å². The van der Waals surface area contributed by atoms with Crippen LogP contribution in [-0.4, -0.2) is 17.8 Å². The predicted octanol–water partition coefficient (Wildman–Crippen LogP) is 14.4. The summed E-state index contributed by atoms with van der Waals surface area (Å²) in [7, 11) is 0. The van der Waals surface area contributed by atoms with Crippen molar-refractivity contribution in [3.63, 3.8) is 0 Å². The predicted molar refractivity (Wildman–Crippen MR) is 192 cm³/mol. The van der Waals surface area contributed by atoms with Crippen molar-refractivity contribution in [2.45, 2.75) is 31.6 Å². The third kappa shape index (κ3) is 4.09. The van der Waals surface area contributed by atoms with Crippen molar-refractivity contribution in [3.05, 3.63) is 93.7 Å². The molecule has 0 spiro atoms. The van der Waals surface area contributed by atoms with Crippen LogP contribution < -0.4 is 0 Å². The van der Waals surface area contributed by atoms with Gasteiger partial charge in [-0.1, -0.05) is 36.4 Å². The Kier molecular flexibility index (Phi) is 6.42. The van der Waals surface area contributed by atoms with Crippen molar-refractivity contribution >= 4 is 118 Å². The van der Waals surface area contributed by atoms with E-state index in [0.717, 1.165) is 71.4 Å². The Bertz CT molecular complexity index is 2420. The van der Waals surface area contributed by atoms with Crippen LogP contribution >= 0.6 is 68.0 Å². The van der Waals surface area contributed by atoms with E-state index >= 15 is 26.3 Å². The highest BCUT2D eigenvalue weighted by atomic mass is 32.1. The first-order valence-electron chi connectivity index (χ1n) is 14.3. The van der Waals surface area contributed by atoms with E-state index in [-0.39, 0.29) is 20.9 Å².